The Morgan fingerprint density at radius 2 is 1.85 bits per heavy atom. The van der Waals surface area contributed by atoms with Crippen LogP contribution in [0, 0.1) is 5.92 Å². The van der Waals surface area contributed by atoms with Gasteiger partial charge in [0, 0.05) is 26.7 Å². The zero-order valence-electron chi connectivity index (χ0n) is 13.3. The maximum atomic E-state index is 12.4. The summed E-state index contributed by atoms with van der Waals surface area (Å²) >= 11 is 0. The highest BCUT2D eigenvalue weighted by atomic mass is 32.2. The van der Waals surface area contributed by atoms with E-state index in [0.717, 1.165) is 45.2 Å². The predicted octanol–water partition coefficient (Wildman–Crippen LogP) is 1.67. The van der Waals surface area contributed by atoms with Crippen molar-refractivity contribution in [3.63, 3.8) is 0 Å². The van der Waals surface area contributed by atoms with Crippen molar-refractivity contribution in [3.8, 4) is 0 Å². The van der Waals surface area contributed by atoms with E-state index in [2.05, 4.69) is 19.2 Å². The molecule has 20 heavy (non-hydrogen) atoms. The van der Waals surface area contributed by atoms with Gasteiger partial charge in [0.15, 0.2) is 0 Å². The van der Waals surface area contributed by atoms with Crippen molar-refractivity contribution in [2.75, 3.05) is 39.8 Å². The zero-order chi connectivity index (χ0) is 15.0. The number of nitrogens with zero attached hydrogens (tertiary/aromatic N) is 2. The molecule has 1 saturated heterocycles. The quantitative estimate of drug-likeness (QED) is 0.659. The molecule has 0 atom stereocenters. The number of hydrogen-bond donors (Lipinski definition) is 1. The summed E-state index contributed by atoms with van der Waals surface area (Å²) in [5.41, 5.74) is 0. The molecule has 6 heteroatoms. The van der Waals surface area contributed by atoms with Crippen LogP contribution in [0.1, 0.15) is 46.0 Å². The van der Waals surface area contributed by atoms with Gasteiger partial charge in [0.1, 0.15) is 0 Å². The van der Waals surface area contributed by atoms with E-state index in [0.29, 0.717) is 25.6 Å². The summed E-state index contributed by atoms with van der Waals surface area (Å²) in [5, 5.41) is 3.30. The Balaban J connectivity index is 2.35. The van der Waals surface area contributed by atoms with Crippen molar-refractivity contribution in [3.05, 3.63) is 0 Å². The molecule has 1 heterocycles. The van der Waals surface area contributed by atoms with E-state index >= 15 is 0 Å². The average Bonchev–Trinajstić information content (AvgIpc) is 2.46. The molecule has 1 aliphatic heterocycles. The highest BCUT2D eigenvalue weighted by molar-refractivity contribution is 7.86. The van der Waals surface area contributed by atoms with E-state index in [-0.39, 0.29) is 0 Å². The number of nitrogens with one attached hydrogen (secondary N) is 1. The van der Waals surface area contributed by atoms with Gasteiger partial charge in [0.25, 0.3) is 10.2 Å². The van der Waals surface area contributed by atoms with Gasteiger partial charge in [-0.15, -0.1) is 0 Å². The molecule has 1 N–H and O–H groups in total. The van der Waals surface area contributed by atoms with Gasteiger partial charge in [0.2, 0.25) is 0 Å². The summed E-state index contributed by atoms with van der Waals surface area (Å²) in [5.74, 6) is 0.699. The fourth-order valence-electron chi connectivity index (χ4n) is 2.59. The van der Waals surface area contributed by atoms with E-state index in [1.54, 1.807) is 11.4 Å². The van der Waals surface area contributed by atoms with Crippen LogP contribution in [0.4, 0.5) is 0 Å². The Kier molecular flexibility index (Phi) is 8.02. The second-order valence-electron chi connectivity index (χ2n) is 5.68. The minimum atomic E-state index is -3.25. The molecule has 0 radical (unpaired) electrons. The lowest BCUT2D eigenvalue weighted by atomic mass is 9.96. The fourth-order valence-corrected chi connectivity index (χ4v) is 4.02. The molecule has 0 aliphatic carbocycles. The summed E-state index contributed by atoms with van der Waals surface area (Å²) in [6.07, 6.45) is 5.14. The van der Waals surface area contributed by atoms with E-state index in [4.69, 9.17) is 0 Å². The molecule has 0 bridgehead atoms. The van der Waals surface area contributed by atoms with E-state index < -0.39 is 10.2 Å². The zero-order valence-corrected chi connectivity index (χ0v) is 14.1. The van der Waals surface area contributed by atoms with Crippen molar-refractivity contribution in [2.24, 2.45) is 5.92 Å². The molecular weight excluding hydrogens is 274 g/mol. The van der Waals surface area contributed by atoms with Crippen LogP contribution in [0.3, 0.4) is 0 Å². The number of hydrogen-bond acceptors (Lipinski definition) is 3. The van der Waals surface area contributed by atoms with Crippen molar-refractivity contribution >= 4 is 10.2 Å². The van der Waals surface area contributed by atoms with Crippen LogP contribution in [0.25, 0.3) is 0 Å². The third-order valence-electron chi connectivity index (χ3n) is 4.12. The van der Waals surface area contributed by atoms with E-state index in [1.165, 1.54) is 4.31 Å². The Hall–Kier alpha value is -0.170. The highest BCUT2D eigenvalue weighted by Crippen LogP contribution is 2.22. The Labute approximate surface area is 124 Å². The van der Waals surface area contributed by atoms with Crippen molar-refractivity contribution in [1.82, 2.24) is 13.9 Å². The van der Waals surface area contributed by atoms with Crippen LogP contribution in [0.5, 0.6) is 0 Å². The highest BCUT2D eigenvalue weighted by Gasteiger charge is 2.30. The molecule has 0 spiro atoms. The second-order valence-corrected chi connectivity index (χ2v) is 7.72. The number of piperidine rings is 1. The third-order valence-corrected chi connectivity index (χ3v) is 6.11. The summed E-state index contributed by atoms with van der Waals surface area (Å²) in [4.78, 5) is 0. The monoisotopic (exact) mass is 305 g/mol. The van der Waals surface area contributed by atoms with E-state index in [9.17, 15) is 8.42 Å². The minimum Gasteiger partial charge on any atom is -0.317 e. The van der Waals surface area contributed by atoms with Crippen molar-refractivity contribution in [2.45, 2.75) is 46.0 Å². The van der Waals surface area contributed by atoms with Gasteiger partial charge in [0.05, 0.1) is 0 Å². The van der Waals surface area contributed by atoms with Gasteiger partial charge in [-0.1, -0.05) is 20.3 Å². The van der Waals surface area contributed by atoms with Crippen LogP contribution in [-0.4, -0.2) is 56.8 Å². The molecule has 120 valence electrons. The molecule has 0 unspecified atom stereocenters. The van der Waals surface area contributed by atoms with Crippen LogP contribution < -0.4 is 5.32 Å². The normalized spacial score (nSPS) is 18.8. The molecular formula is C14H31N3O2S. The summed E-state index contributed by atoms with van der Waals surface area (Å²) in [6.45, 7) is 8.14. The standard InChI is InChI=1S/C14H31N3O2S/c1-4-9-15-10-6-11-16(3)20(18,19)17-12-7-14(5-2)8-13-17/h14-15H,4-13H2,1-3H3. The molecule has 0 amide bonds. The topological polar surface area (TPSA) is 52.7 Å². The third kappa shape index (κ3) is 5.31. The molecule has 0 saturated carbocycles. The maximum absolute atomic E-state index is 12.4. The Morgan fingerprint density at radius 3 is 2.40 bits per heavy atom. The van der Waals surface area contributed by atoms with Gasteiger partial charge in [-0.2, -0.15) is 17.0 Å². The lowest BCUT2D eigenvalue weighted by Gasteiger charge is -2.33. The molecule has 0 aromatic carbocycles. The SMILES string of the molecule is CCCNCCCN(C)S(=O)(=O)N1CCC(CC)CC1. The van der Waals surface area contributed by atoms with Crippen molar-refractivity contribution in [1.29, 1.82) is 0 Å². The first-order chi connectivity index (χ1) is 9.52. The number of rotatable bonds is 9. The lowest BCUT2D eigenvalue weighted by Crippen LogP contribution is -2.46. The first-order valence-corrected chi connectivity index (χ1v) is 9.34. The summed E-state index contributed by atoms with van der Waals surface area (Å²) in [6, 6.07) is 0. The summed E-state index contributed by atoms with van der Waals surface area (Å²) < 4.78 is 28.0. The molecule has 0 aromatic rings. The summed E-state index contributed by atoms with van der Waals surface area (Å²) in [7, 11) is -1.55. The van der Waals surface area contributed by atoms with Gasteiger partial charge in [-0.05, 0) is 44.7 Å². The Morgan fingerprint density at radius 1 is 1.20 bits per heavy atom. The second kappa shape index (κ2) is 8.97. The molecule has 5 nitrogen and oxygen atoms in total. The maximum Gasteiger partial charge on any atom is 0.281 e. The van der Waals surface area contributed by atoms with Gasteiger partial charge in [-0.3, -0.25) is 0 Å². The van der Waals surface area contributed by atoms with Crippen LogP contribution in [0.2, 0.25) is 0 Å². The van der Waals surface area contributed by atoms with E-state index in [1.807, 2.05) is 0 Å². The first-order valence-electron chi connectivity index (χ1n) is 7.94. The lowest BCUT2D eigenvalue weighted by molar-refractivity contribution is 0.254. The van der Waals surface area contributed by atoms with Gasteiger partial charge in [-0.25, -0.2) is 0 Å². The predicted molar refractivity (Wildman–Crippen MR) is 83.9 cm³/mol. The van der Waals surface area contributed by atoms with Crippen LogP contribution in [0.15, 0.2) is 0 Å². The smallest absolute Gasteiger partial charge is 0.281 e. The van der Waals surface area contributed by atoms with Gasteiger partial charge >= 0.3 is 0 Å². The van der Waals surface area contributed by atoms with Gasteiger partial charge < -0.3 is 5.32 Å². The molecule has 1 aliphatic rings. The van der Waals surface area contributed by atoms with Crippen molar-refractivity contribution < 1.29 is 8.42 Å². The average molecular weight is 305 g/mol. The molecule has 1 fully saturated rings. The largest absolute Gasteiger partial charge is 0.317 e. The minimum absolute atomic E-state index is 0.590. The fraction of sp³-hybridized carbons (Fsp3) is 1.00. The Bertz CT molecular complexity index is 351. The first kappa shape index (κ1) is 17.9. The molecule has 1 rings (SSSR count). The molecule has 0 aromatic heterocycles. The van der Waals surface area contributed by atoms with Crippen LogP contribution in [-0.2, 0) is 10.2 Å². The van der Waals surface area contributed by atoms with Crippen LogP contribution >= 0.6 is 0 Å².